The average molecular weight is 289 g/mol. The van der Waals surface area contributed by atoms with Crippen LogP contribution in [-0.4, -0.2) is 29.6 Å². The van der Waals surface area contributed by atoms with Gasteiger partial charge in [-0.3, -0.25) is 9.69 Å². The summed E-state index contributed by atoms with van der Waals surface area (Å²) < 4.78 is 5.47. The molecule has 3 nitrogen and oxygen atoms in total. The number of rotatable bonds is 3. The first-order chi connectivity index (χ1) is 9.85. The van der Waals surface area contributed by atoms with E-state index >= 15 is 0 Å². The molecule has 1 aromatic carbocycles. The van der Waals surface area contributed by atoms with Gasteiger partial charge in [-0.25, -0.2) is 0 Å². The maximum absolute atomic E-state index is 12.1. The Morgan fingerprint density at radius 3 is 2.57 bits per heavy atom. The number of esters is 1. The molecule has 1 aliphatic heterocycles. The third kappa shape index (κ3) is 4.85. The molecule has 0 unspecified atom stereocenters. The number of ether oxygens (including phenoxy) is 1. The van der Waals surface area contributed by atoms with Gasteiger partial charge in [0, 0.05) is 6.04 Å². The fourth-order valence-corrected chi connectivity index (χ4v) is 2.94. The largest absolute Gasteiger partial charge is 0.459 e. The molecule has 0 spiro atoms. The van der Waals surface area contributed by atoms with Gasteiger partial charge in [-0.1, -0.05) is 37.3 Å². The summed E-state index contributed by atoms with van der Waals surface area (Å²) in [5.41, 5.74) is 0.884. The van der Waals surface area contributed by atoms with Gasteiger partial charge >= 0.3 is 5.97 Å². The van der Waals surface area contributed by atoms with Gasteiger partial charge in [-0.15, -0.1) is 0 Å². The molecule has 21 heavy (non-hydrogen) atoms. The molecule has 1 saturated heterocycles. The lowest BCUT2D eigenvalue weighted by Gasteiger charge is -2.38. The lowest BCUT2D eigenvalue weighted by Crippen LogP contribution is -2.41. The number of nitrogens with zero attached hydrogens (tertiary/aromatic N) is 1. The number of likely N-dealkylation sites (tertiary alicyclic amines) is 1. The van der Waals surface area contributed by atoms with Crippen LogP contribution in [0, 0.1) is 5.92 Å². The second kappa shape index (κ2) is 6.61. The Morgan fingerprint density at radius 1 is 1.29 bits per heavy atom. The van der Waals surface area contributed by atoms with Crippen LogP contribution in [0.5, 0.6) is 0 Å². The van der Waals surface area contributed by atoms with Crippen LogP contribution < -0.4 is 0 Å². The van der Waals surface area contributed by atoms with Gasteiger partial charge in [0.05, 0.1) is 6.54 Å². The van der Waals surface area contributed by atoms with Gasteiger partial charge < -0.3 is 4.74 Å². The number of carbonyl (C=O) groups excluding carboxylic acids is 1. The summed E-state index contributed by atoms with van der Waals surface area (Å²) in [6.07, 6.45) is 2.25. The highest BCUT2D eigenvalue weighted by atomic mass is 16.6. The van der Waals surface area contributed by atoms with Crippen LogP contribution >= 0.6 is 0 Å². The van der Waals surface area contributed by atoms with E-state index in [-0.39, 0.29) is 5.97 Å². The SMILES string of the molecule is C[C@@H]1CCN(CC(=O)OC(C)(C)C)[C@H](c2ccccc2)C1. The summed E-state index contributed by atoms with van der Waals surface area (Å²) in [5.74, 6) is 0.572. The number of carbonyl (C=O) groups is 1. The van der Waals surface area contributed by atoms with Crippen molar-refractivity contribution in [1.29, 1.82) is 0 Å². The molecule has 0 N–H and O–H groups in total. The number of piperidine rings is 1. The molecule has 0 radical (unpaired) electrons. The Morgan fingerprint density at radius 2 is 1.95 bits per heavy atom. The molecule has 0 amide bonds. The number of benzene rings is 1. The highest BCUT2D eigenvalue weighted by molar-refractivity contribution is 5.72. The van der Waals surface area contributed by atoms with Crippen molar-refractivity contribution >= 4 is 5.97 Å². The van der Waals surface area contributed by atoms with Crippen LogP contribution in [0.3, 0.4) is 0 Å². The predicted octanol–water partition coefficient (Wildman–Crippen LogP) is 3.80. The van der Waals surface area contributed by atoms with Crippen LogP contribution in [0.25, 0.3) is 0 Å². The van der Waals surface area contributed by atoms with E-state index in [1.165, 1.54) is 5.56 Å². The van der Waals surface area contributed by atoms with Crippen LogP contribution in [0.2, 0.25) is 0 Å². The zero-order valence-electron chi connectivity index (χ0n) is 13.6. The molecule has 1 heterocycles. The second-order valence-electron chi connectivity index (χ2n) is 7.11. The lowest BCUT2D eigenvalue weighted by atomic mass is 9.88. The second-order valence-corrected chi connectivity index (χ2v) is 7.11. The molecule has 3 heteroatoms. The monoisotopic (exact) mass is 289 g/mol. The molecule has 1 aliphatic rings. The van der Waals surface area contributed by atoms with Crippen LogP contribution in [0.15, 0.2) is 30.3 Å². The maximum Gasteiger partial charge on any atom is 0.320 e. The van der Waals surface area contributed by atoms with Crippen LogP contribution in [0.4, 0.5) is 0 Å². The molecule has 0 saturated carbocycles. The molecule has 116 valence electrons. The van der Waals surface area contributed by atoms with Crippen molar-refractivity contribution in [2.24, 2.45) is 5.92 Å². The molecule has 1 fully saturated rings. The third-order valence-corrected chi connectivity index (χ3v) is 3.91. The zero-order chi connectivity index (χ0) is 15.5. The third-order valence-electron chi connectivity index (χ3n) is 3.91. The molecule has 1 aromatic rings. The van der Waals surface area contributed by atoms with Crippen molar-refractivity contribution < 1.29 is 9.53 Å². The fourth-order valence-electron chi connectivity index (χ4n) is 2.94. The Balaban J connectivity index is 2.07. The number of hydrogen-bond donors (Lipinski definition) is 0. The topological polar surface area (TPSA) is 29.5 Å². The quantitative estimate of drug-likeness (QED) is 0.793. The first kappa shape index (κ1) is 16.0. The first-order valence-electron chi connectivity index (χ1n) is 7.86. The minimum absolute atomic E-state index is 0.127. The average Bonchev–Trinajstić information content (AvgIpc) is 2.40. The Hall–Kier alpha value is -1.35. The maximum atomic E-state index is 12.1. The molecule has 0 aliphatic carbocycles. The highest BCUT2D eigenvalue weighted by Crippen LogP contribution is 2.33. The predicted molar refractivity (Wildman–Crippen MR) is 85.0 cm³/mol. The van der Waals surface area contributed by atoms with Gasteiger partial charge in [-0.2, -0.15) is 0 Å². The van der Waals surface area contributed by atoms with Crippen molar-refractivity contribution in [2.75, 3.05) is 13.1 Å². The first-order valence-corrected chi connectivity index (χ1v) is 7.86. The fraction of sp³-hybridized carbons (Fsp3) is 0.611. The van der Waals surface area contributed by atoms with E-state index in [0.29, 0.717) is 18.5 Å². The summed E-state index contributed by atoms with van der Waals surface area (Å²) >= 11 is 0. The zero-order valence-corrected chi connectivity index (χ0v) is 13.6. The molecule has 0 bridgehead atoms. The van der Waals surface area contributed by atoms with Gasteiger partial charge in [0.25, 0.3) is 0 Å². The van der Waals surface area contributed by atoms with Crippen molar-refractivity contribution in [2.45, 2.75) is 52.2 Å². The van der Waals surface area contributed by atoms with Crippen LogP contribution in [-0.2, 0) is 9.53 Å². The summed E-state index contributed by atoms with van der Waals surface area (Å²) in [6, 6.07) is 10.8. The minimum atomic E-state index is -0.414. The molecule has 2 rings (SSSR count). The van der Waals surface area contributed by atoms with Crippen molar-refractivity contribution in [3.63, 3.8) is 0 Å². The van der Waals surface area contributed by atoms with Gasteiger partial charge in [-0.05, 0) is 51.6 Å². The van der Waals surface area contributed by atoms with E-state index in [0.717, 1.165) is 19.4 Å². The molecular weight excluding hydrogens is 262 g/mol. The van der Waals surface area contributed by atoms with Crippen LogP contribution in [0.1, 0.15) is 52.1 Å². The van der Waals surface area contributed by atoms with E-state index < -0.39 is 5.60 Å². The standard InChI is InChI=1S/C18H27NO2/c1-14-10-11-19(13-17(20)21-18(2,3)4)16(12-14)15-8-6-5-7-9-15/h5-9,14,16H,10-13H2,1-4H3/t14-,16+/m1/s1. The summed E-state index contributed by atoms with van der Waals surface area (Å²) in [5, 5.41) is 0. The summed E-state index contributed by atoms with van der Waals surface area (Å²) in [7, 11) is 0. The molecule has 0 aromatic heterocycles. The van der Waals surface area contributed by atoms with E-state index in [9.17, 15) is 4.79 Å². The van der Waals surface area contributed by atoms with Crippen molar-refractivity contribution in [3.05, 3.63) is 35.9 Å². The van der Waals surface area contributed by atoms with E-state index in [2.05, 4.69) is 36.1 Å². The van der Waals surface area contributed by atoms with E-state index in [4.69, 9.17) is 4.74 Å². The summed E-state index contributed by atoms with van der Waals surface area (Å²) in [6.45, 7) is 9.37. The summed E-state index contributed by atoms with van der Waals surface area (Å²) in [4.78, 5) is 14.4. The smallest absolute Gasteiger partial charge is 0.320 e. The van der Waals surface area contributed by atoms with Gasteiger partial charge in [0.15, 0.2) is 0 Å². The minimum Gasteiger partial charge on any atom is -0.459 e. The molecular formula is C18H27NO2. The lowest BCUT2D eigenvalue weighted by molar-refractivity contribution is -0.157. The van der Waals surface area contributed by atoms with Crippen molar-refractivity contribution in [1.82, 2.24) is 4.90 Å². The normalized spacial score (nSPS) is 23.8. The van der Waals surface area contributed by atoms with E-state index in [1.54, 1.807) is 0 Å². The van der Waals surface area contributed by atoms with Gasteiger partial charge in [0.1, 0.15) is 5.60 Å². The van der Waals surface area contributed by atoms with Gasteiger partial charge in [0.2, 0.25) is 0 Å². The highest BCUT2D eigenvalue weighted by Gasteiger charge is 2.30. The Bertz CT molecular complexity index is 464. The van der Waals surface area contributed by atoms with E-state index in [1.807, 2.05) is 26.8 Å². The Labute approximate surface area is 128 Å². The van der Waals surface area contributed by atoms with Crippen molar-refractivity contribution in [3.8, 4) is 0 Å². The molecule has 2 atom stereocenters. The Kier molecular flexibility index (Phi) is 5.04. The number of hydrogen-bond acceptors (Lipinski definition) is 3.